The molecule has 0 saturated carbocycles. The van der Waals surface area contributed by atoms with Gasteiger partial charge >= 0.3 is 5.97 Å². The van der Waals surface area contributed by atoms with Crippen LogP contribution in [0.5, 0.6) is 0 Å². The van der Waals surface area contributed by atoms with Gasteiger partial charge in [-0.15, -0.1) is 0 Å². The molecule has 4 aromatic rings. The topological polar surface area (TPSA) is 76.0 Å². The van der Waals surface area contributed by atoms with E-state index in [1.54, 1.807) is 0 Å². The number of carbonyl (C=O) groups excluding carboxylic acids is 1. The van der Waals surface area contributed by atoms with Crippen LogP contribution in [0.1, 0.15) is 24.5 Å². The van der Waals surface area contributed by atoms with E-state index in [4.69, 9.17) is 14.7 Å². The number of nitrogens with one attached hydrogen (secondary N) is 1. The molecule has 0 aliphatic carbocycles. The predicted molar refractivity (Wildman–Crippen MR) is 110 cm³/mol. The Morgan fingerprint density at radius 1 is 1.10 bits per heavy atom. The largest absolute Gasteiger partial charge is 0.468 e. The zero-order valence-electron chi connectivity index (χ0n) is 16.3. The molecule has 0 radical (unpaired) electrons. The van der Waals surface area contributed by atoms with Crippen molar-refractivity contribution in [3.8, 4) is 0 Å². The van der Waals surface area contributed by atoms with Gasteiger partial charge in [-0.05, 0) is 43.7 Å². The number of nitrogens with zero attached hydrogens (tertiary/aromatic N) is 4. The minimum Gasteiger partial charge on any atom is -0.468 e. The molecular weight excluding hydrogens is 366 g/mol. The fourth-order valence-corrected chi connectivity index (χ4v) is 4.25. The highest BCUT2D eigenvalue weighted by atomic mass is 16.5. The molecule has 1 aliphatic rings. The van der Waals surface area contributed by atoms with Gasteiger partial charge in [0.25, 0.3) is 0 Å². The maximum Gasteiger partial charge on any atom is 0.323 e. The third-order valence-electron chi connectivity index (χ3n) is 5.66. The van der Waals surface area contributed by atoms with Crippen molar-refractivity contribution in [1.82, 2.24) is 24.4 Å². The molecule has 1 saturated heterocycles. The molecule has 0 spiro atoms. The Morgan fingerprint density at radius 3 is 2.72 bits per heavy atom. The van der Waals surface area contributed by atoms with Crippen LogP contribution < -0.4 is 0 Å². The highest BCUT2D eigenvalue weighted by Crippen LogP contribution is 2.24. The van der Waals surface area contributed by atoms with Crippen LogP contribution in [0.3, 0.4) is 0 Å². The minimum atomic E-state index is -0.195. The van der Waals surface area contributed by atoms with Crippen LogP contribution in [-0.2, 0) is 22.6 Å². The number of hydrogen-bond donors (Lipinski definition) is 1. The predicted octanol–water partition coefficient (Wildman–Crippen LogP) is 3.10. The summed E-state index contributed by atoms with van der Waals surface area (Å²) < 4.78 is 7.19. The fraction of sp³-hybridized carbons (Fsp3) is 0.318. The number of ether oxygens (including phenoxy) is 1. The molecule has 2 aromatic carbocycles. The molecule has 0 unspecified atom stereocenters. The molecule has 0 amide bonds. The summed E-state index contributed by atoms with van der Waals surface area (Å²) in [6, 6.07) is 16.0. The Labute approximate surface area is 168 Å². The lowest BCUT2D eigenvalue weighted by Crippen LogP contribution is -2.37. The smallest absolute Gasteiger partial charge is 0.323 e. The molecule has 7 nitrogen and oxygen atoms in total. The number of aromatic nitrogens is 4. The maximum atomic E-state index is 12.2. The second-order valence-corrected chi connectivity index (χ2v) is 7.46. The first-order valence-electron chi connectivity index (χ1n) is 9.92. The number of aromatic amines is 1. The molecule has 2 aromatic heterocycles. The van der Waals surface area contributed by atoms with E-state index < -0.39 is 0 Å². The zero-order chi connectivity index (χ0) is 19.8. The van der Waals surface area contributed by atoms with Crippen molar-refractivity contribution in [2.24, 2.45) is 0 Å². The molecule has 5 rings (SSSR count). The lowest BCUT2D eigenvalue weighted by Gasteiger charge is -2.22. The van der Waals surface area contributed by atoms with Crippen molar-refractivity contribution >= 4 is 28.0 Å². The van der Waals surface area contributed by atoms with E-state index in [-0.39, 0.29) is 12.0 Å². The lowest BCUT2D eigenvalue weighted by molar-refractivity contribution is -0.146. The number of hydrogen-bond acceptors (Lipinski definition) is 5. The number of likely N-dealkylation sites (tertiary alicyclic amines) is 1. The molecule has 1 N–H and O–H groups in total. The summed E-state index contributed by atoms with van der Waals surface area (Å²) in [6.45, 7) is 2.07. The van der Waals surface area contributed by atoms with E-state index in [0.29, 0.717) is 13.1 Å². The van der Waals surface area contributed by atoms with Gasteiger partial charge in [-0.2, -0.15) is 0 Å². The highest BCUT2D eigenvalue weighted by molar-refractivity contribution is 5.77. The summed E-state index contributed by atoms with van der Waals surface area (Å²) in [7, 11) is 1.45. The maximum absolute atomic E-state index is 12.2. The monoisotopic (exact) mass is 389 g/mol. The summed E-state index contributed by atoms with van der Waals surface area (Å²) >= 11 is 0. The van der Waals surface area contributed by atoms with Gasteiger partial charge in [0.2, 0.25) is 0 Å². The van der Waals surface area contributed by atoms with E-state index in [9.17, 15) is 4.79 Å². The van der Waals surface area contributed by atoms with Crippen LogP contribution in [0.15, 0.2) is 48.5 Å². The molecule has 1 fully saturated rings. The van der Waals surface area contributed by atoms with Crippen LogP contribution in [-0.4, -0.2) is 50.1 Å². The Bertz CT molecular complexity index is 1150. The molecule has 1 atom stereocenters. The van der Waals surface area contributed by atoms with Crippen molar-refractivity contribution in [1.29, 1.82) is 0 Å². The Hall–Kier alpha value is -3.19. The number of carbonyl (C=O) groups is 1. The molecule has 0 bridgehead atoms. The quantitative estimate of drug-likeness (QED) is 0.531. The van der Waals surface area contributed by atoms with Gasteiger partial charge in [0, 0.05) is 0 Å². The lowest BCUT2D eigenvalue weighted by atomic mass is 10.2. The van der Waals surface area contributed by atoms with Gasteiger partial charge in [0.1, 0.15) is 17.7 Å². The van der Waals surface area contributed by atoms with Gasteiger partial charge < -0.3 is 14.3 Å². The highest BCUT2D eigenvalue weighted by Gasteiger charge is 2.32. The Morgan fingerprint density at radius 2 is 1.90 bits per heavy atom. The van der Waals surface area contributed by atoms with Gasteiger partial charge in [-0.25, -0.2) is 9.97 Å². The standard InChI is InChI=1S/C22H23N5O2/c1-29-22(28)19-11-6-12-26(19)14-21-25-17-9-4-5-10-18(17)27(21)13-20-23-15-7-2-3-8-16(15)24-20/h2-5,7-10,19H,6,11-14H2,1H3,(H,23,24)/t19-/m0/s1. The van der Waals surface area contributed by atoms with Gasteiger partial charge in [-0.3, -0.25) is 9.69 Å². The average molecular weight is 389 g/mol. The molecule has 29 heavy (non-hydrogen) atoms. The van der Waals surface area contributed by atoms with Crippen LogP contribution in [0.4, 0.5) is 0 Å². The third-order valence-corrected chi connectivity index (χ3v) is 5.66. The molecule has 148 valence electrons. The van der Waals surface area contributed by atoms with Crippen LogP contribution in [0, 0.1) is 0 Å². The molecule has 1 aliphatic heterocycles. The van der Waals surface area contributed by atoms with Gasteiger partial charge in [0.05, 0.1) is 42.3 Å². The second-order valence-electron chi connectivity index (χ2n) is 7.46. The van der Waals surface area contributed by atoms with E-state index >= 15 is 0 Å². The van der Waals surface area contributed by atoms with Gasteiger partial charge in [-0.1, -0.05) is 24.3 Å². The van der Waals surface area contributed by atoms with Crippen molar-refractivity contribution in [3.05, 3.63) is 60.2 Å². The van der Waals surface area contributed by atoms with Gasteiger partial charge in [0.15, 0.2) is 0 Å². The summed E-state index contributed by atoms with van der Waals surface area (Å²) in [4.78, 5) is 27.3. The van der Waals surface area contributed by atoms with E-state index in [0.717, 1.165) is 53.1 Å². The number of fused-ring (bicyclic) bond motifs is 2. The molecule has 7 heteroatoms. The second kappa shape index (κ2) is 7.33. The first-order chi connectivity index (χ1) is 14.2. The van der Waals surface area contributed by atoms with Crippen molar-refractivity contribution < 1.29 is 9.53 Å². The summed E-state index contributed by atoms with van der Waals surface area (Å²) in [5.41, 5.74) is 4.00. The van der Waals surface area contributed by atoms with E-state index in [1.807, 2.05) is 42.5 Å². The van der Waals surface area contributed by atoms with Crippen LogP contribution in [0.2, 0.25) is 0 Å². The third kappa shape index (κ3) is 3.27. The summed E-state index contributed by atoms with van der Waals surface area (Å²) in [5, 5.41) is 0. The average Bonchev–Trinajstić information content (AvgIpc) is 3.45. The Balaban J connectivity index is 1.51. The van der Waals surface area contributed by atoms with Crippen LogP contribution >= 0.6 is 0 Å². The number of methoxy groups -OCH3 is 1. The van der Waals surface area contributed by atoms with Crippen molar-refractivity contribution in [2.45, 2.75) is 32.0 Å². The molecular formula is C22H23N5O2. The fourth-order valence-electron chi connectivity index (χ4n) is 4.25. The SMILES string of the molecule is COC(=O)[C@@H]1CCCN1Cc1nc2ccccc2n1Cc1nc2ccccc2[nH]1. The summed E-state index contributed by atoms with van der Waals surface area (Å²) in [5.74, 6) is 1.66. The van der Waals surface area contributed by atoms with E-state index in [1.165, 1.54) is 7.11 Å². The number of esters is 1. The number of benzene rings is 2. The minimum absolute atomic E-state index is 0.164. The van der Waals surface area contributed by atoms with Crippen molar-refractivity contribution in [2.75, 3.05) is 13.7 Å². The zero-order valence-corrected chi connectivity index (χ0v) is 16.3. The number of imidazole rings is 2. The van der Waals surface area contributed by atoms with Crippen molar-refractivity contribution in [3.63, 3.8) is 0 Å². The Kier molecular flexibility index (Phi) is 4.52. The summed E-state index contributed by atoms with van der Waals surface area (Å²) in [6.07, 6.45) is 1.82. The van der Waals surface area contributed by atoms with Crippen LogP contribution in [0.25, 0.3) is 22.1 Å². The normalized spacial score (nSPS) is 17.3. The number of para-hydroxylation sites is 4. The first-order valence-corrected chi connectivity index (χ1v) is 9.92. The number of H-pyrrole nitrogens is 1. The first kappa shape index (κ1) is 17.9. The van der Waals surface area contributed by atoms with E-state index in [2.05, 4.69) is 20.5 Å². The molecule has 3 heterocycles. The number of rotatable bonds is 5.